The Labute approximate surface area is 217 Å². The van der Waals surface area contributed by atoms with Crippen LogP contribution >= 0.6 is 0 Å². The molecule has 36 heavy (non-hydrogen) atoms. The molecule has 0 saturated heterocycles. The van der Waals surface area contributed by atoms with Crippen molar-refractivity contribution in [3.63, 3.8) is 0 Å². The lowest BCUT2D eigenvalue weighted by atomic mass is 9.62. The van der Waals surface area contributed by atoms with Gasteiger partial charge in [0.1, 0.15) is 0 Å². The van der Waals surface area contributed by atoms with Gasteiger partial charge in [-0.2, -0.15) is 5.26 Å². The minimum absolute atomic E-state index is 0.0107. The molecule has 6 aliphatic rings. The molecule has 0 fully saturated rings. The first kappa shape index (κ1) is 23.5. The number of hydrogen-bond acceptors (Lipinski definition) is 3. The summed E-state index contributed by atoms with van der Waals surface area (Å²) < 4.78 is 0. The monoisotopic (exact) mass is 477 g/mol. The Balaban J connectivity index is 1.28. The molecule has 0 aromatic heterocycles. The van der Waals surface area contributed by atoms with Crippen LogP contribution in [0.3, 0.4) is 0 Å². The van der Waals surface area contributed by atoms with E-state index in [4.69, 9.17) is 4.99 Å². The predicted molar refractivity (Wildman–Crippen MR) is 148 cm³/mol. The second-order valence-electron chi connectivity index (χ2n) is 12.0. The van der Waals surface area contributed by atoms with E-state index in [1.807, 2.05) is 6.21 Å². The van der Waals surface area contributed by atoms with E-state index in [1.165, 1.54) is 25.0 Å². The molecule has 0 amide bonds. The Kier molecular flexibility index (Phi) is 6.24. The fourth-order valence-corrected chi connectivity index (χ4v) is 7.72. The van der Waals surface area contributed by atoms with Gasteiger partial charge in [0.15, 0.2) is 0 Å². The fraction of sp³-hybridized carbons (Fsp3) is 0.515. The van der Waals surface area contributed by atoms with Gasteiger partial charge < -0.3 is 4.90 Å². The van der Waals surface area contributed by atoms with Gasteiger partial charge in [-0.3, -0.25) is 4.99 Å². The van der Waals surface area contributed by atoms with E-state index in [2.05, 4.69) is 97.7 Å². The maximum absolute atomic E-state index is 9.19. The summed E-state index contributed by atoms with van der Waals surface area (Å²) in [5.41, 5.74) is 3.29. The van der Waals surface area contributed by atoms with Crippen LogP contribution in [-0.2, 0) is 0 Å². The van der Waals surface area contributed by atoms with Crippen LogP contribution in [-0.4, -0.2) is 29.2 Å². The summed E-state index contributed by atoms with van der Waals surface area (Å²) in [6, 6.07) is 3.46. The quantitative estimate of drug-likeness (QED) is 0.406. The normalized spacial score (nSPS) is 40.2. The molecule has 0 aromatic carbocycles. The number of nitrogens with zero attached hydrogens (tertiary/aromatic N) is 3. The zero-order valence-corrected chi connectivity index (χ0v) is 21.7. The molecule has 186 valence electrons. The van der Waals surface area contributed by atoms with E-state index in [9.17, 15) is 5.26 Å². The van der Waals surface area contributed by atoms with Gasteiger partial charge in [-0.15, -0.1) is 0 Å². The summed E-state index contributed by atoms with van der Waals surface area (Å²) in [4.78, 5) is 7.55. The van der Waals surface area contributed by atoms with E-state index in [0.717, 1.165) is 19.3 Å². The molecule has 3 nitrogen and oxygen atoms in total. The Morgan fingerprint density at radius 3 is 2.39 bits per heavy atom. The van der Waals surface area contributed by atoms with Gasteiger partial charge in [0.25, 0.3) is 0 Å². The number of allylic oxidation sites excluding steroid dienone is 8. The van der Waals surface area contributed by atoms with Gasteiger partial charge >= 0.3 is 0 Å². The van der Waals surface area contributed by atoms with E-state index in [-0.39, 0.29) is 11.3 Å². The summed E-state index contributed by atoms with van der Waals surface area (Å²) in [7, 11) is 0. The van der Waals surface area contributed by atoms with Crippen LogP contribution in [0.4, 0.5) is 0 Å². The van der Waals surface area contributed by atoms with Crippen molar-refractivity contribution in [1.82, 2.24) is 4.90 Å². The third-order valence-electron chi connectivity index (χ3n) is 9.75. The molecule has 2 heterocycles. The molecule has 8 atom stereocenters. The minimum Gasteiger partial charge on any atom is -0.357 e. The summed E-state index contributed by atoms with van der Waals surface area (Å²) in [5.74, 6) is 2.04. The van der Waals surface area contributed by atoms with Crippen LogP contribution in [0.25, 0.3) is 0 Å². The average Bonchev–Trinajstić information content (AvgIpc) is 2.94. The highest BCUT2D eigenvalue weighted by molar-refractivity contribution is 5.65. The predicted octanol–water partition coefficient (Wildman–Crippen LogP) is 7.11. The van der Waals surface area contributed by atoms with Crippen molar-refractivity contribution in [2.75, 3.05) is 0 Å². The molecule has 0 spiro atoms. The zero-order valence-electron chi connectivity index (χ0n) is 21.7. The highest BCUT2D eigenvalue weighted by atomic mass is 15.2. The summed E-state index contributed by atoms with van der Waals surface area (Å²) in [6.45, 7) is 4.93. The second kappa shape index (κ2) is 9.55. The van der Waals surface area contributed by atoms with Crippen LogP contribution in [0.2, 0.25) is 0 Å². The van der Waals surface area contributed by atoms with Crippen molar-refractivity contribution < 1.29 is 0 Å². The first-order valence-electron chi connectivity index (χ1n) is 14.1. The Bertz CT molecular complexity index is 1150. The lowest BCUT2D eigenvalue weighted by Gasteiger charge is -2.56. The summed E-state index contributed by atoms with van der Waals surface area (Å²) >= 11 is 0. The Morgan fingerprint density at radius 2 is 1.64 bits per heavy atom. The van der Waals surface area contributed by atoms with Crippen LogP contribution in [0.5, 0.6) is 0 Å². The van der Waals surface area contributed by atoms with Gasteiger partial charge in [-0.1, -0.05) is 80.7 Å². The van der Waals surface area contributed by atoms with E-state index < -0.39 is 0 Å². The third kappa shape index (κ3) is 4.00. The molecule has 8 unspecified atom stereocenters. The van der Waals surface area contributed by atoms with Gasteiger partial charge in [0.2, 0.25) is 0 Å². The van der Waals surface area contributed by atoms with Crippen LogP contribution < -0.4 is 0 Å². The smallest absolute Gasteiger partial charge is 0.0812 e. The van der Waals surface area contributed by atoms with Gasteiger partial charge in [0, 0.05) is 23.7 Å². The molecule has 6 rings (SSSR count). The molecule has 3 heteroatoms. The largest absolute Gasteiger partial charge is 0.357 e. The Morgan fingerprint density at radius 1 is 0.889 bits per heavy atom. The first-order chi connectivity index (χ1) is 17.6. The minimum atomic E-state index is 0.0107. The maximum Gasteiger partial charge on any atom is 0.0812 e. The fourth-order valence-electron chi connectivity index (χ4n) is 7.72. The highest BCUT2D eigenvalue weighted by Gasteiger charge is 2.48. The zero-order chi connectivity index (χ0) is 24.7. The third-order valence-corrected chi connectivity index (χ3v) is 9.75. The van der Waals surface area contributed by atoms with Crippen molar-refractivity contribution in [2.24, 2.45) is 40.0 Å². The number of rotatable bonds is 3. The van der Waals surface area contributed by atoms with Crippen LogP contribution in [0.15, 0.2) is 89.2 Å². The number of nitriles is 1. The van der Waals surface area contributed by atoms with Crippen molar-refractivity contribution >= 4 is 6.21 Å². The molecular formula is C33H39N3. The summed E-state index contributed by atoms with van der Waals surface area (Å²) in [5, 5.41) is 9.19. The number of aliphatic imine (C=N–C) groups is 1. The van der Waals surface area contributed by atoms with E-state index in [1.54, 1.807) is 5.57 Å². The van der Waals surface area contributed by atoms with Crippen molar-refractivity contribution in [1.29, 1.82) is 5.26 Å². The molecular weight excluding hydrogens is 438 g/mol. The average molecular weight is 478 g/mol. The van der Waals surface area contributed by atoms with Crippen molar-refractivity contribution in [2.45, 2.75) is 70.5 Å². The number of fused-ring (bicyclic) bond motifs is 1. The second-order valence-corrected chi connectivity index (χ2v) is 12.0. The first-order valence-corrected chi connectivity index (χ1v) is 14.1. The lowest BCUT2D eigenvalue weighted by Crippen LogP contribution is -2.56. The van der Waals surface area contributed by atoms with Gasteiger partial charge in [-0.05, 0) is 67.4 Å². The van der Waals surface area contributed by atoms with Crippen LogP contribution in [0.1, 0.15) is 52.4 Å². The summed E-state index contributed by atoms with van der Waals surface area (Å²) in [6.07, 6.45) is 37.3. The van der Waals surface area contributed by atoms with Gasteiger partial charge in [0.05, 0.1) is 30.1 Å². The molecule has 0 radical (unpaired) electrons. The molecule has 2 aliphatic heterocycles. The van der Waals surface area contributed by atoms with Crippen molar-refractivity contribution in [3.05, 3.63) is 84.2 Å². The lowest BCUT2D eigenvalue weighted by molar-refractivity contribution is 0.0910. The van der Waals surface area contributed by atoms with E-state index in [0.29, 0.717) is 41.8 Å². The molecule has 0 saturated carbocycles. The Hall–Kier alpha value is -2.86. The molecule has 0 N–H and O–H groups in total. The van der Waals surface area contributed by atoms with Crippen LogP contribution in [0, 0.1) is 46.3 Å². The molecule has 0 bridgehead atoms. The SMILES string of the molecule is CC1(C)C2=C(C=CCC2)N(C2C=CC=CC2C2C=CC(C3CCC(C#N)C=N3)CC2)C2C=CC=CC21. The molecule has 4 aliphatic carbocycles. The number of hydrogen-bond donors (Lipinski definition) is 0. The standard InChI is InChI=1S/C33H39N3/c1-33(2)27-10-4-7-13-31(27)36(32-14-8-5-11-28(32)33)30-12-6-3-9-26(30)24-16-18-25(19-17-24)29-20-15-23(21-34)22-35-29/h3-4,6-10,12-14,16,18,22-27,29-31H,5,11,15,17,19-20H2,1-2H3. The van der Waals surface area contributed by atoms with E-state index >= 15 is 0 Å². The van der Waals surface area contributed by atoms with Gasteiger partial charge in [-0.25, -0.2) is 0 Å². The molecule has 0 aromatic rings. The highest BCUT2D eigenvalue weighted by Crippen LogP contribution is 2.52. The van der Waals surface area contributed by atoms with Crippen molar-refractivity contribution in [3.8, 4) is 6.07 Å². The topological polar surface area (TPSA) is 39.4 Å². The maximum atomic E-state index is 9.19.